The average Bonchev–Trinajstić information content (AvgIpc) is 3.17. The number of nitro groups is 1. The first-order chi connectivity index (χ1) is 15.3. The maximum Gasteiger partial charge on any atom is 0.277 e. The molecule has 0 aliphatic heterocycles. The molecule has 2 atom stereocenters. The third-order valence-corrected chi connectivity index (χ3v) is 7.09. The van der Waals surface area contributed by atoms with Gasteiger partial charge in [-0.05, 0) is 25.2 Å². The Kier molecular flexibility index (Phi) is 6.38. The van der Waals surface area contributed by atoms with E-state index in [1.807, 2.05) is 0 Å². The molecule has 9 nitrogen and oxygen atoms in total. The number of thioether (sulfide) groups is 2. The van der Waals surface area contributed by atoms with E-state index in [0.29, 0.717) is 45.2 Å². The summed E-state index contributed by atoms with van der Waals surface area (Å²) < 4.78 is 11.5. The van der Waals surface area contributed by atoms with Crippen LogP contribution in [-0.4, -0.2) is 25.3 Å². The van der Waals surface area contributed by atoms with Crippen LogP contribution < -0.4 is 0 Å². The molecule has 32 heavy (non-hydrogen) atoms. The predicted octanol–water partition coefficient (Wildman–Crippen LogP) is 5.65. The molecule has 4 rings (SSSR count). The Bertz CT molecular complexity index is 1150. The van der Waals surface area contributed by atoms with Crippen molar-refractivity contribution in [2.45, 2.75) is 55.6 Å². The van der Waals surface area contributed by atoms with Gasteiger partial charge in [-0.25, -0.2) is 0 Å². The Morgan fingerprint density at radius 2 is 1.78 bits per heavy atom. The molecule has 0 amide bonds. The Balaban J connectivity index is 1.32. The normalized spacial score (nSPS) is 19.0. The van der Waals surface area contributed by atoms with Gasteiger partial charge in [-0.15, -0.1) is 20.4 Å². The van der Waals surface area contributed by atoms with Crippen molar-refractivity contribution >= 4 is 29.2 Å². The third kappa shape index (κ3) is 4.88. The number of hydrogen-bond donors (Lipinski definition) is 0. The molecule has 0 saturated heterocycles. The zero-order chi connectivity index (χ0) is 22.9. The monoisotopic (exact) mass is 473 g/mol. The SMILES string of the molecule is CC(C)=C[C@@H]1[C@@H](c2nnc(SCc3nnc(SCc4ccccc4[N+](=O)[O-])o3)o2)C1(C)C. The average molecular weight is 474 g/mol. The zero-order valence-electron chi connectivity index (χ0n) is 18.1. The van der Waals surface area contributed by atoms with Gasteiger partial charge in [0.1, 0.15) is 0 Å². The molecule has 0 bridgehead atoms. The first-order valence-electron chi connectivity index (χ1n) is 10.0. The fourth-order valence-electron chi connectivity index (χ4n) is 3.65. The van der Waals surface area contributed by atoms with Crippen LogP contribution in [-0.2, 0) is 11.5 Å². The van der Waals surface area contributed by atoms with Crippen molar-refractivity contribution in [2.75, 3.05) is 0 Å². The lowest BCUT2D eigenvalue weighted by Gasteiger charge is -1.99. The summed E-state index contributed by atoms with van der Waals surface area (Å²) in [4.78, 5) is 10.7. The van der Waals surface area contributed by atoms with E-state index in [1.54, 1.807) is 18.2 Å². The molecule has 1 aliphatic rings. The number of benzene rings is 1. The maximum atomic E-state index is 11.1. The van der Waals surface area contributed by atoms with E-state index in [0.717, 1.165) is 0 Å². The molecular weight excluding hydrogens is 450 g/mol. The molecule has 11 heteroatoms. The number of rotatable bonds is 9. The standard InChI is InChI=1S/C21H23N5O4S2/c1-12(2)9-14-17(21(14,3)4)18-23-25-20(30-18)32-11-16-22-24-19(29-16)31-10-13-7-5-6-8-15(13)26(27)28/h5-9,14,17H,10-11H2,1-4H3/t14-,17+/m1/s1. The number of nitro benzene ring substituents is 1. The topological polar surface area (TPSA) is 121 Å². The van der Waals surface area contributed by atoms with Crippen molar-refractivity contribution in [3.05, 3.63) is 63.4 Å². The van der Waals surface area contributed by atoms with Crippen LogP contribution in [0, 0.1) is 21.4 Å². The van der Waals surface area contributed by atoms with Crippen LogP contribution >= 0.6 is 23.5 Å². The largest absolute Gasteiger partial charge is 0.416 e. The van der Waals surface area contributed by atoms with Gasteiger partial charge in [-0.2, -0.15) is 0 Å². The second-order valence-electron chi connectivity index (χ2n) is 8.40. The van der Waals surface area contributed by atoms with Crippen LogP contribution in [0.3, 0.4) is 0 Å². The Morgan fingerprint density at radius 1 is 1.09 bits per heavy atom. The van der Waals surface area contributed by atoms with Gasteiger partial charge in [0.05, 0.1) is 10.7 Å². The van der Waals surface area contributed by atoms with Crippen molar-refractivity contribution in [1.29, 1.82) is 0 Å². The Labute approximate surface area is 193 Å². The lowest BCUT2D eigenvalue weighted by Crippen LogP contribution is -1.93. The highest BCUT2D eigenvalue weighted by molar-refractivity contribution is 7.98. The van der Waals surface area contributed by atoms with Gasteiger partial charge in [0.15, 0.2) is 0 Å². The van der Waals surface area contributed by atoms with Gasteiger partial charge in [0, 0.05) is 23.3 Å². The molecular formula is C21H23N5O4S2. The lowest BCUT2D eigenvalue weighted by atomic mass is 10.1. The van der Waals surface area contributed by atoms with Gasteiger partial charge in [-0.3, -0.25) is 10.1 Å². The first kappa shape index (κ1) is 22.5. The number of allylic oxidation sites excluding steroid dienone is 2. The van der Waals surface area contributed by atoms with Crippen LogP contribution in [0.4, 0.5) is 5.69 Å². The van der Waals surface area contributed by atoms with Crippen LogP contribution in [0.15, 0.2) is 55.2 Å². The van der Waals surface area contributed by atoms with Crippen LogP contribution in [0.1, 0.15) is 51.0 Å². The number of nitrogens with zero attached hydrogens (tertiary/aromatic N) is 5. The molecule has 1 aliphatic carbocycles. The summed E-state index contributed by atoms with van der Waals surface area (Å²) >= 11 is 2.60. The number of aromatic nitrogens is 4. The Morgan fingerprint density at radius 3 is 2.53 bits per heavy atom. The summed E-state index contributed by atoms with van der Waals surface area (Å²) in [5, 5.41) is 28.4. The second kappa shape index (κ2) is 9.07. The van der Waals surface area contributed by atoms with E-state index >= 15 is 0 Å². The predicted molar refractivity (Wildman–Crippen MR) is 120 cm³/mol. The van der Waals surface area contributed by atoms with E-state index in [-0.39, 0.29) is 17.0 Å². The van der Waals surface area contributed by atoms with Crippen molar-refractivity contribution in [3.63, 3.8) is 0 Å². The van der Waals surface area contributed by atoms with E-state index < -0.39 is 4.92 Å². The fraction of sp³-hybridized carbons (Fsp3) is 0.429. The van der Waals surface area contributed by atoms with Crippen LogP contribution in [0.5, 0.6) is 0 Å². The van der Waals surface area contributed by atoms with Crippen LogP contribution in [0.2, 0.25) is 0 Å². The summed E-state index contributed by atoms with van der Waals surface area (Å²) in [6.45, 7) is 8.61. The molecule has 3 aromatic rings. The molecule has 1 fully saturated rings. The molecule has 1 saturated carbocycles. The zero-order valence-corrected chi connectivity index (χ0v) is 19.8. The van der Waals surface area contributed by atoms with Crippen molar-refractivity contribution in [2.24, 2.45) is 11.3 Å². The molecule has 0 spiro atoms. The highest BCUT2D eigenvalue weighted by Gasteiger charge is 2.60. The first-order valence-corrected chi connectivity index (χ1v) is 12.0. The minimum atomic E-state index is -0.394. The summed E-state index contributed by atoms with van der Waals surface area (Å²) in [6.07, 6.45) is 2.27. The molecule has 0 radical (unpaired) electrons. The molecule has 2 heterocycles. The van der Waals surface area contributed by atoms with E-state index in [9.17, 15) is 10.1 Å². The highest BCUT2D eigenvalue weighted by Crippen LogP contribution is 2.65. The lowest BCUT2D eigenvalue weighted by molar-refractivity contribution is -0.385. The fourth-order valence-corrected chi connectivity index (χ4v) is 5.04. The van der Waals surface area contributed by atoms with Crippen LogP contribution in [0.25, 0.3) is 0 Å². The van der Waals surface area contributed by atoms with Gasteiger partial charge >= 0.3 is 0 Å². The second-order valence-corrected chi connectivity index (χ2v) is 10.3. The molecule has 2 aromatic heterocycles. The minimum absolute atomic E-state index is 0.0770. The third-order valence-electron chi connectivity index (χ3n) is 5.42. The van der Waals surface area contributed by atoms with Crippen molar-refractivity contribution in [3.8, 4) is 0 Å². The van der Waals surface area contributed by atoms with E-state index in [4.69, 9.17) is 8.83 Å². The summed E-state index contributed by atoms with van der Waals surface area (Å²) in [6, 6.07) is 6.61. The maximum absolute atomic E-state index is 11.1. The molecule has 0 N–H and O–H groups in total. The summed E-state index contributed by atoms with van der Waals surface area (Å²) in [5.74, 6) is 2.48. The quantitative estimate of drug-likeness (QED) is 0.167. The number of hydrogen-bond acceptors (Lipinski definition) is 10. The van der Waals surface area contributed by atoms with Crippen molar-refractivity contribution < 1.29 is 13.8 Å². The molecule has 0 unspecified atom stereocenters. The van der Waals surface area contributed by atoms with Gasteiger partial charge < -0.3 is 8.83 Å². The van der Waals surface area contributed by atoms with Gasteiger partial charge in [-0.1, -0.05) is 67.2 Å². The number of para-hydroxylation sites is 1. The van der Waals surface area contributed by atoms with E-state index in [2.05, 4.69) is 54.2 Å². The minimum Gasteiger partial charge on any atom is -0.416 e. The smallest absolute Gasteiger partial charge is 0.277 e. The highest BCUT2D eigenvalue weighted by atomic mass is 32.2. The summed E-state index contributed by atoms with van der Waals surface area (Å²) in [7, 11) is 0. The molecule has 168 valence electrons. The van der Waals surface area contributed by atoms with Gasteiger partial charge in [0.2, 0.25) is 11.8 Å². The molecule has 1 aromatic carbocycles. The van der Waals surface area contributed by atoms with Crippen molar-refractivity contribution in [1.82, 2.24) is 20.4 Å². The summed E-state index contributed by atoms with van der Waals surface area (Å²) in [5.41, 5.74) is 2.07. The van der Waals surface area contributed by atoms with E-state index in [1.165, 1.54) is 35.2 Å². The Hall–Kier alpha value is -2.66. The van der Waals surface area contributed by atoms with Gasteiger partial charge in [0.25, 0.3) is 16.1 Å².